The van der Waals surface area contributed by atoms with Gasteiger partial charge in [0.1, 0.15) is 5.69 Å². The molecule has 0 saturated carbocycles. The molecule has 1 fully saturated rings. The Hall–Kier alpha value is -3.04. The fraction of sp³-hybridized carbons (Fsp3) is 0.576. The number of nitrogens with zero attached hydrogens (tertiary/aromatic N) is 3. The molecule has 1 saturated heterocycles. The van der Waals surface area contributed by atoms with Crippen molar-refractivity contribution >= 4 is 28.8 Å². The Bertz CT molecular complexity index is 1170. The lowest BCUT2D eigenvalue weighted by Gasteiger charge is -2.36. The number of aryl methyl sites for hydroxylation is 1. The van der Waals surface area contributed by atoms with E-state index in [-0.39, 0.29) is 17.0 Å². The number of pyridine rings is 1. The van der Waals surface area contributed by atoms with Gasteiger partial charge in [-0.15, -0.1) is 11.3 Å². The Morgan fingerprint density at radius 1 is 1.12 bits per heavy atom. The number of hydrogen-bond donors (Lipinski definition) is 2. The third kappa shape index (κ3) is 12.4. The molecule has 0 aromatic carbocycles. The first-order chi connectivity index (χ1) is 20.1. The van der Waals surface area contributed by atoms with E-state index in [9.17, 15) is 9.59 Å². The van der Waals surface area contributed by atoms with Crippen molar-refractivity contribution < 1.29 is 14.3 Å². The molecule has 9 heteroatoms. The molecule has 4 heterocycles. The summed E-state index contributed by atoms with van der Waals surface area (Å²) in [4.78, 5) is 30.2. The molecule has 0 bridgehead atoms. The lowest BCUT2D eigenvalue weighted by molar-refractivity contribution is -0.105. The van der Waals surface area contributed by atoms with Crippen LogP contribution in [0.1, 0.15) is 110 Å². The summed E-state index contributed by atoms with van der Waals surface area (Å²) in [5.41, 5.74) is 3.59. The van der Waals surface area contributed by atoms with Gasteiger partial charge in [-0.2, -0.15) is 0 Å². The number of hydrogen-bond acceptors (Lipinski definition) is 6. The smallest absolute Gasteiger partial charge is 0.252 e. The summed E-state index contributed by atoms with van der Waals surface area (Å²) in [6.45, 7) is 20.3. The normalized spacial score (nSPS) is 15.9. The Morgan fingerprint density at radius 2 is 1.86 bits per heavy atom. The summed E-state index contributed by atoms with van der Waals surface area (Å²) >= 11 is 1.38. The lowest BCUT2D eigenvalue weighted by Crippen LogP contribution is -2.35. The number of carbonyl (C=O) groups is 2. The minimum Gasteiger partial charge on any atom is -0.375 e. The molecule has 0 aliphatic carbocycles. The average molecular weight is 600 g/mol. The molecule has 1 aliphatic rings. The first-order valence-electron chi connectivity index (χ1n) is 15.3. The van der Waals surface area contributed by atoms with Crippen molar-refractivity contribution in [3.05, 3.63) is 53.3 Å². The molecule has 0 radical (unpaired) electrons. The van der Waals surface area contributed by atoms with E-state index in [4.69, 9.17) is 4.74 Å². The first-order valence-corrected chi connectivity index (χ1v) is 16.2. The van der Waals surface area contributed by atoms with Gasteiger partial charge >= 0.3 is 0 Å². The van der Waals surface area contributed by atoms with Crippen LogP contribution in [0.2, 0.25) is 0 Å². The van der Waals surface area contributed by atoms with Crippen LogP contribution in [0.3, 0.4) is 0 Å². The predicted octanol–water partition coefficient (Wildman–Crippen LogP) is 8.24. The summed E-state index contributed by atoms with van der Waals surface area (Å²) in [7, 11) is 0. The van der Waals surface area contributed by atoms with E-state index >= 15 is 0 Å². The van der Waals surface area contributed by atoms with Crippen molar-refractivity contribution in [3.63, 3.8) is 0 Å². The Kier molecular flexibility index (Phi) is 16.9. The van der Waals surface area contributed by atoms with Gasteiger partial charge in [0.15, 0.2) is 5.13 Å². The molecule has 2 N–H and O–H groups in total. The highest BCUT2D eigenvalue weighted by Crippen LogP contribution is 2.32. The number of anilines is 1. The van der Waals surface area contributed by atoms with E-state index in [0.717, 1.165) is 29.3 Å². The monoisotopic (exact) mass is 599 g/mol. The molecular formula is C33H53N5O3S. The summed E-state index contributed by atoms with van der Waals surface area (Å²) in [6, 6.07) is 7.60. The largest absolute Gasteiger partial charge is 0.375 e. The number of amides is 2. The molecule has 3 aromatic rings. The minimum absolute atomic E-state index is 0.00417. The highest BCUT2D eigenvalue weighted by Gasteiger charge is 2.29. The molecule has 42 heavy (non-hydrogen) atoms. The van der Waals surface area contributed by atoms with Crippen LogP contribution in [-0.4, -0.2) is 45.6 Å². The number of thiazole rings is 1. The van der Waals surface area contributed by atoms with Gasteiger partial charge in [-0.1, -0.05) is 40.2 Å². The SMILES string of the molecule is CC.CCCC1(CC)CCCCO1.CCNC(=O)c1ccn(C(C)(C)C)c1.Cc1cccc(-c2csc(NC=O)n2)n1. The van der Waals surface area contributed by atoms with Crippen LogP contribution < -0.4 is 10.6 Å². The van der Waals surface area contributed by atoms with E-state index in [2.05, 4.69) is 55.2 Å². The van der Waals surface area contributed by atoms with Gasteiger partial charge < -0.3 is 19.9 Å². The Balaban J connectivity index is 0.000000309. The fourth-order valence-electron chi connectivity index (χ4n) is 4.42. The van der Waals surface area contributed by atoms with Crippen LogP contribution in [0.15, 0.2) is 42.0 Å². The van der Waals surface area contributed by atoms with Crippen LogP contribution in [0.4, 0.5) is 5.13 Å². The zero-order valence-corrected chi connectivity index (χ0v) is 28.1. The van der Waals surface area contributed by atoms with Crippen molar-refractivity contribution in [2.24, 2.45) is 0 Å². The Labute approximate surface area is 257 Å². The number of aromatic nitrogens is 3. The maximum Gasteiger partial charge on any atom is 0.252 e. The van der Waals surface area contributed by atoms with Crippen LogP contribution in [-0.2, 0) is 15.1 Å². The fourth-order valence-corrected chi connectivity index (χ4v) is 5.09. The number of carbonyl (C=O) groups excluding carboxylic acids is 2. The molecule has 1 aliphatic heterocycles. The van der Waals surface area contributed by atoms with E-state index in [1.807, 2.05) is 74.3 Å². The topological polar surface area (TPSA) is 98.1 Å². The summed E-state index contributed by atoms with van der Waals surface area (Å²) in [5, 5.41) is 7.74. The second-order valence-electron chi connectivity index (χ2n) is 10.9. The second-order valence-corrected chi connectivity index (χ2v) is 11.8. The van der Waals surface area contributed by atoms with E-state index in [1.165, 1.54) is 49.9 Å². The summed E-state index contributed by atoms with van der Waals surface area (Å²) < 4.78 is 7.89. The van der Waals surface area contributed by atoms with E-state index in [1.54, 1.807) is 0 Å². The van der Waals surface area contributed by atoms with Crippen LogP contribution in [0.5, 0.6) is 0 Å². The van der Waals surface area contributed by atoms with Gasteiger partial charge in [0, 0.05) is 42.2 Å². The van der Waals surface area contributed by atoms with E-state index < -0.39 is 0 Å². The van der Waals surface area contributed by atoms with Gasteiger partial charge in [0.25, 0.3) is 5.91 Å². The third-order valence-corrected chi connectivity index (χ3v) is 7.46. The minimum atomic E-state index is -0.00417. The van der Waals surface area contributed by atoms with Crippen LogP contribution >= 0.6 is 11.3 Å². The average Bonchev–Trinajstić information content (AvgIpc) is 3.67. The van der Waals surface area contributed by atoms with Gasteiger partial charge in [-0.25, -0.2) is 4.98 Å². The summed E-state index contributed by atoms with van der Waals surface area (Å²) in [6.07, 6.45) is 12.1. The maximum absolute atomic E-state index is 11.5. The molecular weight excluding hydrogens is 546 g/mol. The quantitative estimate of drug-likeness (QED) is 0.254. The molecule has 8 nitrogen and oxygen atoms in total. The molecule has 4 rings (SSSR count). The molecule has 1 atom stereocenters. The lowest BCUT2D eigenvalue weighted by atomic mass is 9.87. The summed E-state index contributed by atoms with van der Waals surface area (Å²) in [5.74, 6) is -0.00417. The van der Waals surface area contributed by atoms with Gasteiger partial charge in [0.05, 0.1) is 16.9 Å². The molecule has 2 amide bonds. The van der Waals surface area contributed by atoms with Crippen molar-refractivity contribution in [3.8, 4) is 11.4 Å². The number of nitrogens with one attached hydrogen (secondary N) is 2. The van der Waals surface area contributed by atoms with Crippen LogP contribution in [0.25, 0.3) is 11.4 Å². The molecule has 3 aromatic heterocycles. The van der Waals surface area contributed by atoms with Gasteiger partial charge in [0.2, 0.25) is 6.41 Å². The van der Waals surface area contributed by atoms with Crippen molar-refractivity contribution in [2.45, 2.75) is 112 Å². The Morgan fingerprint density at radius 3 is 2.38 bits per heavy atom. The predicted molar refractivity (Wildman–Crippen MR) is 176 cm³/mol. The maximum atomic E-state index is 11.5. The third-order valence-electron chi connectivity index (χ3n) is 6.69. The van der Waals surface area contributed by atoms with Crippen molar-refractivity contribution in [1.29, 1.82) is 0 Å². The molecule has 0 spiro atoms. The van der Waals surface area contributed by atoms with E-state index in [0.29, 0.717) is 18.1 Å². The van der Waals surface area contributed by atoms with Crippen molar-refractivity contribution in [1.82, 2.24) is 19.9 Å². The molecule has 1 unspecified atom stereocenters. The number of ether oxygens (including phenoxy) is 1. The standard InChI is InChI=1S/C11H18N2O.C10H9N3OS.C10H20O.C2H6/c1-5-12-10(14)9-6-7-13(8-9)11(2,3)4;1-7-3-2-4-8(12-7)9-5-15-10(13-9)11-6-14;1-3-7-10(4-2)8-5-6-9-11-10;1-2/h6-8H,5H2,1-4H3,(H,12,14);2-6H,1H3,(H,11,13,14);3-9H2,1-2H3;1-2H3. The van der Waals surface area contributed by atoms with Crippen LogP contribution in [0, 0.1) is 6.92 Å². The van der Waals surface area contributed by atoms with Crippen molar-refractivity contribution in [2.75, 3.05) is 18.5 Å². The number of rotatable bonds is 8. The highest BCUT2D eigenvalue weighted by atomic mass is 32.1. The molecule has 234 valence electrons. The second kappa shape index (κ2) is 19.2. The first kappa shape index (κ1) is 37.0. The zero-order valence-electron chi connectivity index (χ0n) is 27.3. The zero-order chi connectivity index (χ0) is 31.6. The van der Waals surface area contributed by atoms with Gasteiger partial charge in [-0.05, 0) is 84.9 Å². The highest BCUT2D eigenvalue weighted by molar-refractivity contribution is 7.14. The van der Waals surface area contributed by atoms with Gasteiger partial charge in [-0.3, -0.25) is 14.6 Å².